The van der Waals surface area contributed by atoms with Crippen molar-refractivity contribution in [3.8, 4) is 0 Å². The highest BCUT2D eigenvalue weighted by molar-refractivity contribution is 6.36. The number of halogens is 2. The van der Waals surface area contributed by atoms with Crippen molar-refractivity contribution in [1.29, 1.82) is 0 Å². The number of aromatic amines is 1. The molecule has 0 radical (unpaired) electrons. The van der Waals surface area contributed by atoms with Crippen LogP contribution >= 0.6 is 23.2 Å². The lowest BCUT2D eigenvalue weighted by Gasteiger charge is -2.10. The molecule has 0 unspecified atom stereocenters. The van der Waals surface area contributed by atoms with Crippen molar-refractivity contribution in [2.75, 3.05) is 5.32 Å². The van der Waals surface area contributed by atoms with Gasteiger partial charge in [-0.1, -0.05) is 47.5 Å². The molecule has 3 rings (SSSR count). The molecular formula is C16H14Cl2N2. The predicted molar refractivity (Wildman–Crippen MR) is 86.8 cm³/mol. The van der Waals surface area contributed by atoms with Crippen molar-refractivity contribution < 1.29 is 0 Å². The van der Waals surface area contributed by atoms with E-state index in [9.17, 15) is 0 Å². The number of benzene rings is 2. The highest BCUT2D eigenvalue weighted by atomic mass is 35.5. The minimum atomic E-state index is 0.634. The smallest absolute Gasteiger partial charge is 0.0710 e. The Kier molecular flexibility index (Phi) is 3.60. The summed E-state index contributed by atoms with van der Waals surface area (Å²) >= 11 is 12.5. The average Bonchev–Trinajstić information content (AvgIpc) is 2.78. The van der Waals surface area contributed by atoms with Gasteiger partial charge in [0, 0.05) is 21.6 Å². The van der Waals surface area contributed by atoms with Crippen molar-refractivity contribution in [2.45, 2.75) is 13.5 Å². The lowest BCUT2D eigenvalue weighted by molar-refractivity contribution is 1.08. The van der Waals surface area contributed by atoms with Gasteiger partial charge in [-0.25, -0.2) is 0 Å². The Morgan fingerprint density at radius 1 is 1.05 bits per heavy atom. The highest BCUT2D eigenvalue weighted by Gasteiger charge is 2.09. The van der Waals surface area contributed by atoms with E-state index in [0.29, 0.717) is 6.54 Å². The summed E-state index contributed by atoms with van der Waals surface area (Å²) in [6.07, 6.45) is 0. The molecule has 0 spiro atoms. The molecule has 2 N–H and O–H groups in total. The van der Waals surface area contributed by atoms with Crippen LogP contribution in [-0.2, 0) is 6.54 Å². The van der Waals surface area contributed by atoms with Gasteiger partial charge in [-0.3, -0.25) is 0 Å². The lowest BCUT2D eigenvalue weighted by atomic mass is 10.2. The van der Waals surface area contributed by atoms with Gasteiger partial charge in [-0.15, -0.1) is 0 Å². The van der Waals surface area contributed by atoms with Crippen LogP contribution in [0.1, 0.15) is 11.3 Å². The number of nitrogens with one attached hydrogen (secondary N) is 2. The predicted octanol–water partition coefficient (Wildman–Crippen LogP) is 5.40. The number of anilines is 1. The molecule has 0 aliphatic carbocycles. The molecule has 0 atom stereocenters. The summed E-state index contributed by atoms with van der Waals surface area (Å²) < 4.78 is 0. The van der Waals surface area contributed by atoms with Gasteiger partial charge in [0.15, 0.2) is 0 Å². The number of aromatic nitrogens is 1. The summed E-state index contributed by atoms with van der Waals surface area (Å²) in [5.41, 5.74) is 4.10. The van der Waals surface area contributed by atoms with Gasteiger partial charge < -0.3 is 10.3 Å². The molecule has 0 aliphatic heterocycles. The van der Waals surface area contributed by atoms with E-state index in [1.54, 1.807) is 0 Å². The second-order valence-corrected chi connectivity index (χ2v) is 5.51. The topological polar surface area (TPSA) is 27.8 Å². The Labute approximate surface area is 127 Å². The quantitative estimate of drug-likeness (QED) is 0.666. The molecule has 0 fully saturated rings. The lowest BCUT2D eigenvalue weighted by Crippen LogP contribution is -2.01. The van der Waals surface area contributed by atoms with E-state index < -0.39 is 0 Å². The molecule has 2 aromatic carbocycles. The van der Waals surface area contributed by atoms with Crippen LogP contribution in [0.3, 0.4) is 0 Å². The van der Waals surface area contributed by atoms with Crippen LogP contribution in [0.25, 0.3) is 10.9 Å². The zero-order valence-corrected chi connectivity index (χ0v) is 12.5. The first kappa shape index (κ1) is 13.3. The number of hydrogen-bond donors (Lipinski definition) is 2. The second-order valence-electron chi connectivity index (χ2n) is 4.73. The summed E-state index contributed by atoms with van der Waals surface area (Å²) in [7, 11) is 0. The van der Waals surface area contributed by atoms with Gasteiger partial charge in [0.05, 0.1) is 17.3 Å². The molecule has 0 saturated carbocycles. The van der Waals surface area contributed by atoms with E-state index in [1.165, 1.54) is 0 Å². The fourth-order valence-electron chi connectivity index (χ4n) is 2.27. The number of H-pyrrole nitrogens is 1. The van der Waals surface area contributed by atoms with E-state index in [-0.39, 0.29) is 0 Å². The zero-order chi connectivity index (χ0) is 14.1. The number of rotatable bonds is 3. The Morgan fingerprint density at radius 2 is 1.85 bits per heavy atom. The Balaban J connectivity index is 1.87. The third-order valence-corrected chi connectivity index (χ3v) is 4.28. The summed E-state index contributed by atoms with van der Waals surface area (Å²) in [4.78, 5) is 3.34. The first-order valence-electron chi connectivity index (χ1n) is 6.41. The number of para-hydroxylation sites is 1. The van der Waals surface area contributed by atoms with Crippen LogP contribution in [0.2, 0.25) is 10.0 Å². The molecule has 1 aromatic heterocycles. The van der Waals surface area contributed by atoms with Gasteiger partial charge in [-0.2, -0.15) is 0 Å². The van der Waals surface area contributed by atoms with E-state index >= 15 is 0 Å². The van der Waals surface area contributed by atoms with Crippen LogP contribution in [0.5, 0.6) is 0 Å². The van der Waals surface area contributed by atoms with Crippen molar-refractivity contribution in [1.82, 2.24) is 4.98 Å². The summed E-state index contributed by atoms with van der Waals surface area (Å²) in [5.74, 6) is 0. The van der Waals surface area contributed by atoms with Crippen molar-refractivity contribution in [3.05, 3.63) is 63.8 Å². The third-order valence-electron chi connectivity index (χ3n) is 3.44. The molecule has 3 aromatic rings. The minimum absolute atomic E-state index is 0.634. The van der Waals surface area contributed by atoms with Crippen LogP contribution in [0, 0.1) is 6.92 Å². The summed E-state index contributed by atoms with van der Waals surface area (Å²) in [5, 5.41) is 5.95. The van der Waals surface area contributed by atoms with Gasteiger partial charge in [0.1, 0.15) is 0 Å². The minimum Gasteiger partial charge on any atom is -0.379 e. The average molecular weight is 305 g/mol. The highest BCUT2D eigenvalue weighted by Crippen LogP contribution is 2.29. The van der Waals surface area contributed by atoms with Crippen LogP contribution in [-0.4, -0.2) is 4.98 Å². The maximum atomic E-state index is 6.40. The van der Waals surface area contributed by atoms with Gasteiger partial charge in [0.2, 0.25) is 0 Å². The number of hydrogen-bond acceptors (Lipinski definition) is 1. The molecule has 0 bridgehead atoms. The Hall–Kier alpha value is -1.64. The third kappa shape index (κ3) is 2.37. The van der Waals surface area contributed by atoms with Gasteiger partial charge >= 0.3 is 0 Å². The molecule has 2 nitrogen and oxygen atoms in total. The number of fused-ring (bicyclic) bond motifs is 1. The summed E-state index contributed by atoms with van der Waals surface area (Å²) in [6, 6.07) is 13.9. The van der Waals surface area contributed by atoms with Gasteiger partial charge in [-0.05, 0) is 30.7 Å². The summed E-state index contributed by atoms with van der Waals surface area (Å²) in [6.45, 7) is 2.63. The van der Waals surface area contributed by atoms with Crippen molar-refractivity contribution in [3.63, 3.8) is 0 Å². The second kappa shape index (κ2) is 5.39. The van der Waals surface area contributed by atoms with E-state index in [4.69, 9.17) is 23.2 Å². The van der Waals surface area contributed by atoms with Crippen LogP contribution in [0.15, 0.2) is 42.5 Å². The van der Waals surface area contributed by atoms with Crippen LogP contribution < -0.4 is 5.32 Å². The SMILES string of the molecule is Cc1c(Cl)cccc1NCc1[nH]c2ccccc2c1Cl. The Bertz CT molecular complexity index is 762. The molecule has 1 heterocycles. The molecular weight excluding hydrogens is 291 g/mol. The normalized spacial score (nSPS) is 10.9. The van der Waals surface area contributed by atoms with Crippen molar-refractivity contribution >= 4 is 39.8 Å². The van der Waals surface area contributed by atoms with E-state index in [2.05, 4.69) is 10.3 Å². The van der Waals surface area contributed by atoms with E-state index in [1.807, 2.05) is 49.4 Å². The monoisotopic (exact) mass is 304 g/mol. The molecule has 4 heteroatoms. The molecule has 0 saturated heterocycles. The standard InChI is InChI=1S/C16H14Cl2N2/c1-10-12(17)6-4-8-13(10)19-9-15-16(18)11-5-2-3-7-14(11)20-15/h2-8,19-20H,9H2,1H3. The fraction of sp³-hybridized carbons (Fsp3) is 0.125. The molecule has 20 heavy (non-hydrogen) atoms. The van der Waals surface area contributed by atoms with Crippen molar-refractivity contribution in [2.24, 2.45) is 0 Å². The Morgan fingerprint density at radius 3 is 2.65 bits per heavy atom. The molecule has 0 amide bonds. The largest absolute Gasteiger partial charge is 0.379 e. The molecule has 0 aliphatic rings. The zero-order valence-electron chi connectivity index (χ0n) is 11.0. The maximum Gasteiger partial charge on any atom is 0.0710 e. The fourth-order valence-corrected chi connectivity index (χ4v) is 2.72. The first-order chi connectivity index (χ1) is 9.66. The van der Waals surface area contributed by atoms with Crippen LogP contribution in [0.4, 0.5) is 5.69 Å². The maximum absolute atomic E-state index is 6.40. The first-order valence-corrected chi connectivity index (χ1v) is 7.16. The van der Waals surface area contributed by atoms with Gasteiger partial charge in [0.25, 0.3) is 0 Å². The van der Waals surface area contributed by atoms with E-state index in [0.717, 1.165) is 37.9 Å². The molecule has 102 valence electrons.